The van der Waals surface area contributed by atoms with E-state index in [0.29, 0.717) is 11.4 Å². The van der Waals surface area contributed by atoms with E-state index in [0.717, 1.165) is 38.6 Å². The molecule has 3 heterocycles. The number of carboxylic acids is 2. The van der Waals surface area contributed by atoms with Crippen LogP contribution in [0.1, 0.15) is 16.1 Å². The zero-order valence-corrected chi connectivity index (χ0v) is 24.0. The van der Waals surface area contributed by atoms with Crippen molar-refractivity contribution in [2.75, 3.05) is 4.90 Å². The summed E-state index contributed by atoms with van der Waals surface area (Å²) < 4.78 is 0. The van der Waals surface area contributed by atoms with Crippen molar-refractivity contribution in [2.45, 2.75) is 12.1 Å². The number of pyridine rings is 1. The summed E-state index contributed by atoms with van der Waals surface area (Å²) in [4.78, 5) is 30.3. The lowest BCUT2D eigenvalue weighted by Gasteiger charge is -2.34. The van der Waals surface area contributed by atoms with Gasteiger partial charge in [-0.15, -0.1) is 0 Å². The quantitative estimate of drug-likeness (QED) is 0.167. The molecule has 7 rings (SSSR count). The Bertz CT molecular complexity index is 2110. The summed E-state index contributed by atoms with van der Waals surface area (Å²) in [5.41, 5.74) is 3.81. The molecule has 4 N–H and O–H groups in total. The van der Waals surface area contributed by atoms with E-state index in [9.17, 15) is 19.8 Å². The molecule has 0 saturated carbocycles. The van der Waals surface area contributed by atoms with Crippen LogP contribution in [0.25, 0.3) is 27.2 Å². The number of carboxylic acid groups (broad SMARTS) is 2. The molecule has 5 aromatic rings. The first kappa shape index (κ1) is 27.7. The van der Waals surface area contributed by atoms with Crippen LogP contribution in [0.3, 0.4) is 0 Å². The minimum Gasteiger partial charge on any atom is -0.478 e. The summed E-state index contributed by atoms with van der Waals surface area (Å²) in [6, 6.07) is 31.1. The molecule has 2 aliphatic heterocycles. The third kappa shape index (κ3) is 5.41. The SMILES string of the molecule is O=C(O)C1=CC(C2C=C(N(c3ccc4ccccc4c3)c3cccc4ccccc34)C=CN2)NC(c2cc(C(=O)O)ccn2)=C1. The van der Waals surface area contributed by atoms with Gasteiger partial charge in [-0.3, -0.25) is 4.98 Å². The zero-order valence-electron chi connectivity index (χ0n) is 24.0. The van der Waals surface area contributed by atoms with Gasteiger partial charge in [0.05, 0.1) is 40.3 Å². The van der Waals surface area contributed by atoms with Crippen molar-refractivity contribution in [1.29, 1.82) is 0 Å². The van der Waals surface area contributed by atoms with Crippen LogP contribution in [0.15, 0.2) is 145 Å². The molecule has 2 atom stereocenters. The van der Waals surface area contributed by atoms with E-state index in [1.54, 1.807) is 6.08 Å². The fourth-order valence-corrected chi connectivity index (χ4v) is 5.88. The van der Waals surface area contributed by atoms with Gasteiger partial charge in [-0.2, -0.15) is 0 Å². The van der Waals surface area contributed by atoms with Gasteiger partial charge in [-0.05, 0) is 77.0 Å². The van der Waals surface area contributed by atoms with Gasteiger partial charge in [0.2, 0.25) is 0 Å². The van der Waals surface area contributed by atoms with Crippen LogP contribution < -0.4 is 15.5 Å². The molecular formula is C37H28N4O4. The average Bonchev–Trinajstić information content (AvgIpc) is 3.08. The minimum absolute atomic E-state index is 0.0627. The van der Waals surface area contributed by atoms with Crippen LogP contribution in [-0.2, 0) is 4.79 Å². The number of nitrogens with zero attached hydrogens (tertiary/aromatic N) is 2. The molecule has 45 heavy (non-hydrogen) atoms. The van der Waals surface area contributed by atoms with Gasteiger partial charge < -0.3 is 25.7 Å². The molecule has 2 aliphatic rings. The van der Waals surface area contributed by atoms with Crippen molar-refractivity contribution >= 4 is 50.6 Å². The molecule has 0 amide bonds. The number of fused-ring (bicyclic) bond motifs is 2. The maximum atomic E-state index is 12.2. The van der Waals surface area contributed by atoms with E-state index >= 15 is 0 Å². The first-order chi connectivity index (χ1) is 21.9. The highest BCUT2D eigenvalue weighted by atomic mass is 16.4. The number of hydrogen-bond donors (Lipinski definition) is 4. The van der Waals surface area contributed by atoms with E-state index < -0.39 is 18.0 Å². The van der Waals surface area contributed by atoms with Gasteiger partial charge in [0, 0.05) is 23.0 Å². The highest BCUT2D eigenvalue weighted by Gasteiger charge is 2.28. The van der Waals surface area contributed by atoms with E-state index in [-0.39, 0.29) is 17.2 Å². The zero-order chi connectivity index (χ0) is 30.9. The molecule has 220 valence electrons. The van der Waals surface area contributed by atoms with Gasteiger partial charge >= 0.3 is 11.9 Å². The third-order valence-electron chi connectivity index (χ3n) is 8.05. The first-order valence-electron chi connectivity index (χ1n) is 14.5. The normalized spacial score (nSPS) is 17.5. The van der Waals surface area contributed by atoms with E-state index in [4.69, 9.17) is 0 Å². The van der Waals surface area contributed by atoms with Crippen LogP contribution in [0.5, 0.6) is 0 Å². The number of anilines is 2. The van der Waals surface area contributed by atoms with E-state index in [1.165, 1.54) is 24.4 Å². The second kappa shape index (κ2) is 11.5. The number of carbonyl (C=O) groups is 2. The number of allylic oxidation sites excluding steroid dienone is 1. The molecule has 0 spiro atoms. The van der Waals surface area contributed by atoms with Gasteiger partial charge in [0.25, 0.3) is 0 Å². The molecule has 0 saturated heterocycles. The third-order valence-corrected chi connectivity index (χ3v) is 8.05. The molecule has 1 aromatic heterocycles. The highest BCUT2D eigenvalue weighted by molar-refractivity contribution is 5.99. The Labute approximate surface area is 259 Å². The predicted octanol–water partition coefficient (Wildman–Crippen LogP) is 6.62. The van der Waals surface area contributed by atoms with Crippen LogP contribution in [0.2, 0.25) is 0 Å². The largest absolute Gasteiger partial charge is 0.478 e. The lowest BCUT2D eigenvalue weighted by Crippen LogP contribution is -2.46. The smallest absolute Gasteiger partial charge is 0.335 e. The number of rotatable bonds is 7. The van der Waals surface area contributed by atoms with Crippen molar-refractivity contribution in [3.63, 3.8) is 0 Å². The van der Waals surface area contributed by atoms with Gasteiger partial charge in [-0.1, -0.05) is 66.7 Å². The van der Waals surface area contributed by atoms with Crippen LogP contribution in [-0.4, -0.2) is 39.2 Å². The Kier molecular flexibility index (Phi) is 7.07. The van der Waals surface area contributed by atoms with Crippen molar-refractivity contribution in [3.05, 3.63) is 156 Å². The predicted molar refractivity (Wildman–Crippen MR) is 176 cm³/mol. The molecule has 2 unspecified atom stereocenters. The number of aliphatic carboxylic acids is 1. The van der Waals surface area contributed by atoms with Crippen LogP contribution in [0, 0.1) is 0 Å². The summed E-state index contributed by atoms with van der Waals surface area (Å²) >= 11 is 0. The Hall–Kier alpha value is -6.15. The van der Waals surface area contributed by atoms with Gasteiger partial charge in [0.15, 0.2) is 0 Å². The number of benzene rings is 4. The fraction of sp³-hybridized carbons (Fsp3) is 0.0541. The second-order valence-electron chi connectivity index (χ2n) is 10.9. The topological polar surface area (TPSA) is 115 Å². The first-order valence-corrected chi connectivity index (χ1v) is 14.5. The van der Waals surface area contributed by atoms with Crippen molar-refractivity contribution in [3.8, 4) is 0 Å². The minimum atomic E-state index is -1.09. The fourth-order valence-electron chi connectivity index (χ4n) is 5.88. The number of hydrogen-bond acceptors (Lipinski definition) is 6. The summed E-state index contributed by atoms with van der Waals surface area (Å²) in [6.07, 6.45) is 10.5. The molecule has 4 aromatic carbocycles. The summed E-state index contributed by atoms with van der Waals surface area (Å²) in [5.74, 6) is -2.17. The molecule has 0 radical (unpaired) electrons. The molecular weight excluding hydrogens is 564 g/mol. The molecule has 0 fully saturated rings. The lowest BCUT2D eigenvalue weighted by atomic mass is 9.96. The Balaban J connectivity index is 1.32. The standard InChI is InChI=1S/C37H28N4O4/c42-36(43)26-14-16-38-31(19-26)33-20-27(37(44)45)21-34(40-33)32-22-29(15-17-39-32)41(28-13-12-23-6-1-2-8-25(23)18-28)35-11-5-9-24-7-3-4-10-30(24)35/h1-22,32,34,39-40H,(H,42,43)(H,44,45). The molecule has 8 nitrogen and oxygen atoms in total. The van der Waals surface area contributed by atoms with Crippen molar-refractivity contribution < 1.29 is 19.8 Å². The molecule has 0 aliphatic carbocycles. The summed E-state index contributed by atoms with van der Waals surface area (Å²) in [7, 11) is 0. The molecule has 0 bridgehead atoms. The Morgan fingerprint density at radius 3 is 2.36 bits per heavy atom. The lowest BCUT2D eigenvalue weighted by molar-refractivity contribution is -0.132. The number of nitrogens with one attached hydrogen (secondary N) is 2. The maximum Gasteiger partial charge on any atom is 0.335 e. The van der Waals surface area contributed by atoms with E-state index in [2.05, 4.69) is 87.3 Å². The van der Waals surface area contributed by atoms with Crippen LogP contribution >= 0.6 is 0 Å². The van der Waals surface area contributed by atoms with E-state index in [1.807, 2.05) is 36.5 Å². The summed E-state index contributed by atoms with van der Waals surface area (Å²) in [6.45, 7) is 0. The Morgan fingerprint density at radius 2 is 1.53 bits per heavy atom. The number of aromatic carboxylic acids is 1. The van der Waals surface area contributed by atoms with Crippen molar-refractivity contribution in [1.82, 2.24) is 15.6 Å². The highest BCUT2D eigenvalue weighted by Crippen LogP contribution is 2.38. The Morgan fingerprint density at radius 1 is 0.756 bits per heavy atom. The summed E-state index contributed by atoms with van der Waals surface area (Å²) in [5, 5.41) is 30.7. The molecule has 8 heteroatoms. The second-order valence-corrected chi connectivity index (χ2v) is 10.9. The number of aromatic nitrogens is 1. The number of dihydropyridines is 2. The van der Waals surface area contributed by atoms with Crippen LogP contribution in [0.4, 0.5) is 11.4 Å². The monoisotopic (exact) mass is 592 g/mol. The average molecular weight is 593 g/mol. The van der Waals surface area contributed by atoms with Crippen molar-refractivity contribution in [2.24, 2.45) is 0 Å². The van der Waals surface area contributed by atoms with Gasteiger partial charge in [-0.25, -0.2) is 9.59 Å². The maximum absolute atomic E-state index is 12.2. The van der Waals surface area contributed by atoms with Gasteiger partial charge in [0.1, 0.15) is 0 Å².